The number of likely N-dealkylation sites (tertiary alicyclic amines) is 1. The first kappa shape index (κ1) is 14.9. The number of carbonyl (C=O) groups excluding carboxylic acids is 1. The molecule has 0 atom stereocenters. The molecular weight excluding hydrogens is 274 g/mol. The van der Waals surface area contributed by atoms with Crippen LogP contribution in [0.2, 0.25) is 0 Å². The fourth-order valence-corrected chi connectivity index (χ4v) is 3.51. The van der Waals surface area contributed by atoms with Gasteiger partial charge in [0.1, 0.15) is 0 Å². The molecule has 2 heterocycles. The number of hydrogen-bond donors (Lipinski definition) is 1. The standard InChI is InChI=1S/C18H25N3O/c1-12-5-6-16-15(11-12)13(2)17(19-16)14-7-9-21(10-8-14)18(22)20(3)4/h5-6,11,14,19H,7-10H2,1-4H3. The van der Waals surface area contributed by atoms with Crippen molar-refractivity contribution in [2.24, 2.45) is 0 Å². The molecule has 2 aromatic rings. The number of nitrogens with one attached hydrogen (secondary N) is 1. The van der Waals surface area contributed by atoms with Gasteiger partial charge >= 0.3 is 6.03 Å². The van der Waals surface area contributed by atoms with Crippen molar-refractivity contribution in [3.05, 3.63) is 35.0 Å². The van der Waals surface area contributed by atoms with Gasteiger partial charge in [-0.1, -0.05) is 11.6 Å². The summed E-state index contributed by atoms with van der Waals surface area (Å²) in [5.41, 5.74) is 5.26. The molecule has 1 aromatic carbocycles. The number of urea groups is 1. The Morgan fingerprint density at radius 3 is 2.55 bits per heavy atom. The molecule has 1 aromatic heterocycles. The Labute approximate surface area is 132 Å². The Kier molecular flexibility index (Phi) is 3.85. The Bertz CT molecular complexity index is 694. The Morgan fingerprint density at radius 2 is 1.91 bits per heavy atom. The zero-order chi connectivity index (χ0) is 15.9. The summed E-state index contributed by atoms with van der Waals surface area (Å²) in [6.45, 7) is 6.03. The predicted octanol–water partition coefficient (Wildman–Crippen LogP) is 3.65. The Hall–Kier alpha value is -1.97. The quantitative estimate of drug-likeness (QED) is 0.858. The van der Waals surface area contributed by atoms with Gasteiger partial charge in [0.15, 0.2) is 0 Å². The highest BCUT2D eigenvalue weighted by molar-refractivity contribution is 5.85. The largest absolute Gasteiger partial charge is 0.358 e. The van der Waals surface area contributed by atoms with Crippen LogP contribution in [0.3, 0.4) is 0 Å². The molecular formula is C18H25N3O. The van der Waals surface area contributed by atoms with Crippen LogP contribution in [0, 0.1) is 13.8 Å². The van der Waals surface area contributed by atoms with E-state index in [1.54, 1.807) is 4.90 Å². The lowest BCUT2D eigenvalue weighted by molar-refractivity contribution is 0.156. The normalized spacial score (nSPS) is 16.3. The number of hydrogen-bond acceptors (Lipinski definition) is 1. The van der Waals surface area contributed by atoms with Gasteiger partial charge in [0, 0.05) is 49.7 Å². The Balaban J connectivity index is 1.79. The van der Waals surface area contributed by atoms with Gasteiger partial charge in [0.05, 0.1) is 0 Å². The van der Waals surface area contributed by atoms with E-state index in [-0.39, 0.29) is 6.03 Å². The van der Waals surface area contributed by atoms with Crippen molar-refractivity contribution < 1.29 is 4.79 Å². The summed E-state index contributed by atoms with van der Waals surface area (Å²) in [5, 5.41) is 1.33. The highest BCUT2D eigenvalue weighted by Gasteiger charge is 2.26. The number of aromatic amines is 1. The first-order valence-electron chi connectivity index (χ1n) is 8.02. The molecule has 3 rings (SSSR count). The second-order valence-corrected chi connectivity index (χ2v) is 6.65. The van der Waals surface area contributed by atoms with Crippen molar-refractivity contribution in [2.45, 2.75) is 32.6 Å². The van der Waals surface area contributed by atoms with Crippen molar-refractivity contribution in [2.75, 3.05) is 27.2 Å². The van der Waals surface area contributed by atoms with Gasteiger partial charge in [-0.25, -0.2) is 4.79 Å². The fourth-order valence-electron chi connectivity index (χ4n) is 3.51. The van der Waals surface area contributed by atoms with Crippen LogP contribution in [0.4, 0.5) is 4.79 Å². The molecule has 22 heavy (non-hydrogen) atoms. The lowest BCUT2D eigenvalue weighted by Crippen LogP contribution is -2.43. The predicted molar refractivity (Wildman–Crippen MR) is 90.4 cm³/mol. The lowest BCUT2D eigenvalue weighted by Gasteiger charge is -2.33. The molecule has 1 fully saturated rings. The minimum Gasteiger partial charge on any atom is -0.358 e. The number of aryl methyl sites for hydroxylation is 2. The summed E-state index contributed by atoms with van der Waals surface area (Å²) in [6, 6.07) is 6.71. The van der Waals surface area contributed by atoms with Gasteiger partial charge in [-0.15, -0.1) is 0 Å². The van der Waals surface area contributed by atoms with Gasteiger partial charge in [-0.2, -0.15) is 0 Å². The maximum absolute atomic E-state index is 12.0. The molecule has 0 radical (unpaired) electrons. The van der Waals surface area contributed by atoms with Crippen molar-refractivity contribution in [1.82, 2.24) is 14.8 Å². The third kappa shape index (κ3) is 2.58. The molecule has 0 aliphatic carbocycles. The van der Waals surface area contributed by atoms with Gasteiger partial charge < -0.3 is 14.8 Å². The number of amides is 2. The van der Waals surface area contributed by atoms with Crippen LogP contribution in [0.5, 0.6) is 0 Å². The highest BCUT2D eigenvalue weighted by atomic mass is 16.2. The molecule has 0 saturated carbocycles. The smallest absolute Gasteiger partial charge is 0.319 e. The van der Waals surface area contributed by atoms with Crippen molar-refractivity contribution >= 4 is 16.9 Å². The van der Waals surface area contributed by atoms with Crippen LogP contribution >= 0.6 is 0 Å². The molecule has 2 amide bonds. The number of nitrogens with zero attached hydrogens (tertiary/aromatic N) is 2. The fraction of sp³-hybridized carbons (Fsp3) is 0.500. The van der Waals surface area contributed by atoms with Crippen molar-refractivity contribution in [1.29, 1.82) is 0 Å². The Morgan fingerprint density at radius 1 is 1.23 bits per heavy atom. The van der Waals surface area contributed by atoms with Gasteiger partial charge in [-0.3, -0.25) is 0 Å². The molecule has 118 valence electrons. The molecule has 4 nitrogen and oxygen atoms in total. The molecule has 1 saturated heterocycles. The maximum atomic E-state index is 12.0. The summed E-state index contributed by atoms with van der Waals surface area (Å²) in [4.78, 5) is 19.3. The van der Waals surface area contributed by atoms with E-state index in [9.17, 15) is 4.79 Å². The second kappa shape index (κ2) is 5.67. The summed E-state index contributed by atoms with van der Waals surface area (Å²) in [5.74, 6) is 0.527. The second-order valence-electron chi connectivity index (χ2n) is 6.65. The van der Waals surface area contributed by atoms with E-state index in [1.165, 1.54) is 27.7 Å². The molecule has 1 aliphatic heterocycles. The molecule has 0 unspecified atom stereocenters. The van der Waals surface area contributed by atoms with Crippen LogP contribution < -0.4 is 0 Å². The first-order valence-corrected chi connectivity index (χ1v) is 8.02. The number of aromatic nitrogens is 1. The number of carbonyl (C=O) groups is 1. The summed E-state index contributed by atoms with van der Waals surface area (Å²) < 4.78 is 0. The summed E-state index contributed by atoms with van der Waals surface area (Å²) in [6.07, 6.45) is 2.07. The molecule has 1 N–H and O–H groups in total. The van der Waals surface area contributed by atoms with E-state index < -0.39 is 0 Å². The number of rotatable bonds is 1. The van der Waals surface area contributed by atoms with E-state index in [4.69, 9.17) is 0 Å². The monoisotopic (exact) mass is 299 g/mol. The minimum absolute atomic E-state index is 0.127. The van der Waals surface area contributed by atoms with E-state index in [1.807, 2.05) is 19.0 Å². The molecule has 4 heteroatoms. The third-order valence-electron chi connectivity index (χ3n) is 4.81. The molecule has 0 spiro atoms. The van der Waals surface area contributed by atoms with Gasteiger partial charge in [-0.05, 0) is 44.4 Å². The first-order chi connectivity index (χ1) is 10.5. The van der Waals surface area contributed by atoms with Crippen LogP contribution in [0.25, 0.3) is 10.9 Å². The lowest BCUT2D eigenvalue weighted by atomic mass is 9.91. The van der Waals surface area contributed by atoms with Crippen LogP contribution in [0.1, 0.15) is 35.6 Å². The average Bonchev–Trinajstić information content (AvgIpc) is 2.83. The zero-order valence-electron chi connectivity index (χ0n) is 13.9. The molecule has 0 bridgehead atoms. The van der Waals surface area contributed by atoms with E-state index >= 15 is 0 Å². The SMILES string of the molecule is Cc1ccc2[nH]c(C3CCN(C(=O)N(C)C)CC3)c(C)c2c1. The van der Waals surface area contributed by atoms with Crippen LogP contribution in [0.15, 0.2) is 18.2 Å². The van der Waals surface area contributed by atoms with Crippen molar-refractivity contribution in [3.63, 3.8) is 0 Å². The number of fused-ring (bicyclic) bond motifs is 1. The topological polar surface area (TPSA) is 39.3 Å². The molecule has 1 aliphatic rings. The van der Waals surface area contributed by atoms with E-state index in [2.05, 4.69) is 37.0 Å². The number of benzene rings is 1. The number of H-pyrrole nitrogens is 1. The van der Waals surface area contributed by atoms with E-state index in [0.717, 1.165) is 25.9 Å². The maximum Gasteiger partial charge on any atom is 0.319 e. The zero-order valence-corrected chi connectivity index (χ0v) is 13.9. The van der Waals surface area contributed by atoms with Gasteiger partial charge in [0.2, 0.25) is 0 Å². The number of piperidine rings is 1. The summed E-state index contributed by atoms with van der Waals surface area (Å²) in [7, 11) is 3.64. The van der Waals surface area contributed by atoms with Crippen LogP contribution in [-0.4, -0.2) is 48.0 Å². The third-order valence-corrected chi connectivity index (χ3v) is 4.81. The van der Waals surface area contributed by atoms with E-state index in [0.29, 0.717) is 5.92 Å². The highest BCUT2D eigenvalue weighted by Crippen LogP contribution is 2.33. The van der Waals surface area contributed by atoms with Gasteiger partial charge in [0.25, 0.3) is 0 Å². The van der Waals surface area contributed by atoms with Crippen LogP contribution in [-0.2, 0) is 0 Å². The summed E-state index contributed by atoms with van der Waals surface area (Å²) >= 11 is 0. The van der Waals surface area contributed by atoms with Crippen molar-refractivity contribution in [3.8, 4) is 0 Å². The minimum atomic E-state index is 0.127. The average molecular weight is 299 g/mol.